The van der Waals surface area contributed by atoms with E-state index in [0.717, 1.165) is 38.2 Å². The van der Waals surface area contributed by atoms with Crippen molar-refractivity contribution in [2.24, 2.45) is 5.92 Å². The number of ether oxygens (including phenoxy) is 1. The van der Waals surface area contributed by atoms with Gasteiger partial charge in [-0.15, -0.1) is 0 Å². The minimum atomic E-state index is -0.169. The Morgan fingerprint density at radius 3 is 2.88 bits per heavy atom. The lowest BCUT2D eigenvalue weighted by molar-refractivity contribution is 0.0699. The molecule has 2 rings (SSSR count). The predicted molar refractivity (Wildman–Crippen MR) is 63.2 cm³/mol. The van der Waals surface area contributed by atoms with Crippen molar-refractivity contribution >= 4 is 5.69 Å². The van der Waals surface area contributed by atoms with Gasteiger partial charge in [0.25, 0.3) is 0 Å². The molecule has 1 aromatic rings. The van der Waals surface area contributed by atoms with E-state index in [1.807, 2.05) is 13.0 Å². The first-order chi connectivity index (χ1) is 7.75. The van der Waals surface area contributed by atoms with E-state index in [2.05, 4.69) is 5.32 Å². The Hall–Kier alpha value is -1.09. The Morgan fingerprint density at radius 2 is 2.12 bits per heavy atom. The van der Waals surface area contributed by atoms with Crippen molar-refractivity contribution < 1.29 is 9.13 Å². The Labute approximate surface area is 95.8 Å². The minimum absolute atomic E-state index is 0.169. The zero-order valence-electron chi connectivity index (χ0n) is 9.63. The maximum atomic E-state index is 13.4. The predicted octanol–water partition coefficient (Wildman–Crippen LogP) is 2.97. The normalized spacial score (nSPS) is 17.4. The van der Waals surface area contributed by atoms with Gasteiger partial charge in [0.05, 0.1) is 5.69 Å². The fourth-order valence-corrected chi connectivity index (χ4v) is 1.98. The van der Waals surface area contributed by atoms with Crippen LogP contribution in [0.2, 0.25) is 0 Å². The molecule has 0 bridgehead atoms. The number of benzene rings is 1. The Morgan fingerprint density at radius 1 is 1.38 bits per heavy atom. The van der Waals surface area contributed by atoms with Gasteiger partial charge < -0.3 is 10.1 Å². The zero-order valence-corrected chi connectivity index (χ0v) is 9.63. The standard InChI is InChI=1S/C13H18FNO/c1-10-2-3-12(14)13(8-10)15-9-11-4-6-16-7-5-11/h2-3,8,11,15H,4-7,9H2,1H3. The van der Waals surface area contributed by atoms with Crippen molar-refractivity contribution in [2.45, 2.75) is 19.8 Å². The van der Waals surface area contributed by atoms with Crippen molar-refractivity contribution in [3.8, 4) is 0 Å². The van der Waals surface area contributed by atoms with Crippen LogP contribution >= 0.6 is 0 Å². The molecule has 16 heavy (non-hydrogen) atoms. The van der Waals surface area contributed by atoms with Crippen molar-refractivity contribution in [3.05, 3.63) is 29.6 Å². The van der Waals surface area contributed by atoms with Crippen LogP contribution in [0.15, 0.2) is 18.2 Å². The topological polar surface area (TPSA) is 21.3 Å². The zero-order chi connectivity index (χ0) is 11.4. The molecule has 0 aromatic heterocycles. The molecule has 1 saturated heterocycles. The number of halogens is 1. The van der Waals surface area contributed by atoms with E-state index >= 15 is 0 Å². The third kappa shape index (κ3) is 2.95. The van der Waals surface area contributed by atoms with Crippen molar-refractivity contribution in [2.75, 3.05) is 25.1 Å². The second kappa shape index (κ2) is 5.30. The maximum Gasteiger partial charge on any atom is 0.146 e. The number of nitrogens with one attached hydrogen (secondary N) is 1. The fraction of sp³-hybridized carbons (Fsp3) is 0.538. The van der Waals surface area contributed by atoms with Crippen LogP contribution in [-0.4, -0.2) is 19.8 Å². The summed E-state index contributed by atoms with van der Waals surface area (Å²) in [5, 5.41) is 3.19. The van der Waals surface area contributed by atoms with Gasteiger partial charge in [-0.25, -0.2) is 4.39 Å². The second-order valence-corrected chi connectivity index (χ2v) is 4.42. The molecule has 0 spiro atoms. The van der Waals surface area contributed by atoms with Crippen LogP contribution < -0.4 is 5.32 Å². The maximum absolute atomic E-state index is 13.4. The van der Waals surface area contributed by atoms with E-state index in [9.17, 15) is 4.39 Å². The molecule has 0 atom stereocenters. The summed E-state index contributed by atoms with van der Waals surface area (Å²) in [6.45, 7) is 4.48. The van der Waals surface area contributed by atoms with Crippen molar-refractivity contribution in [3.63, 3.8) is 0 Å². The van der Waals surface area contributed by atoms with Crippen molar-refractivity contribution in [1.82, 2.24) is 0 Å². The quantitative estimate of drug-likeness (QED) is 0.850. The van der Waals surface area contributed by atoms with E-state index in [4.69, 9.17) is 4.74 Å². The molecule has 1 heterocycles. The van der Waals surface area contributed by atoms with Crippen LogP contribution in [0.25, 0.3) is 0 Å². The lowest BCUT2D eigenvalue weighted by Gasteiger charge is -2.22. The van der Waals surface area contributed by atoms with Gasteiger partial charge >= 0.3 is 0 Å². The first-order valence-electron chi connectivity index (χ1n) is 5.83. The smallest absolute Gasteiger partial charge is 0.146 e. The van der Waals surface area contributed by atoms with Gasteiger partial charge in [-0.05, 0) is 43.4 Å². The number of aryl methyl sites for hydroxylation is 1. The van der Waals surface area contributed by atoms with E-state index in [0.29, 0.717) is 11.6 Å². The van der Waals surface area contributed by atoms with Gasteiger partial charge in [0.2, 0.25) is 0 Å². The molecule has 0 saturated carbocycles. The summed E-state index contributed by atoms with van der Waals surface area (Å²) in [4.78, 5) is 0. The van der Waals surface area contributed by atoms with Crippen LogP contribution in [0, 0.1) is 18.7 Å². The van der Waals surface area contributed by atoms with Gasteiger partial charge in [-0.1, -0.05) is 6.07 Å². The van der Waals surface area contributed by atoms with Gasteiger partial charge in [0.15, 0.2) is 0 Å². The Kier molecular flexibility index (Phi) is 3.78. The minimum Gasteiger partial charge on any atom is -0.382 e. The molecular formula is C13H18FNO. The molecular weight excluding hydrogens is 205 g/mol. The monoisotopic (exact) mass is 223 g/mol. The Bertz CT molecular complexity index is 348. The van der Waals surface area contributed by atoms with Crippen LogP contribution in [0.3, 0.4) is 0 Å². The molecule has 0 amide bonds. The molecule has 88 valence electrons. The Balaban J connectivity index is 1.90. The lowest BCUT2D eigenvalue weighted by atomic mass is 10.0. The highest BCUT2D eigenvalue weighted by Gasteiger charge is 2.13. The molecule has 3 heteroatoms. The van der Waals surface area contributed by atoms with Crippen LogP contribution in [0.1, 0.15) is 18.4 Å². The van der Waals surface area contributed by atoms with E-state index < -0.39 is 0 Å². The second-order valence-electron chi connectivity index (χ2n) is 4.42. The summed E-state index contributed by atoms with van der Waals surface area (Å²) >= 11 is 0. The summed E-state index contributed by atoms with van der Waals surface area (Å²) in [7, 11) is 0. The first-order valence-corrected chi connectivity index (χ1v) is 5.83. The summed E-state index contributed by atoms with van der Waals surface area (Å²) in [6.07, 6.45) is 2.14. The summed E-state index contributed by atoms with van der Waals surface area (Å²) < 4.78 is 18.7. The molecule has 1 N–H and O–H groups in total. The SMILES string of the molecule is Cc1ccc(F)c(NCC2CCOCC2)c1. The van der Waals surface area contributed by atoms with Crippen molar-refractivity contribution in [1.29, 1.82) is 0 Å². The molecule has 1 aromatic carbocycles. The number of hydrogen-bond acceptors (Lipinski definition) is 2. The first kappa shape index (κ1) is 11.4. The molecule has 1 aliphatic rings. The summed E-state index contributed by atoms with van der Waals surface area (Å²) in [6, 6.07) is 5.16. The van der Waals surface area contributed by atoms with Gasteiger partial charge in [-0.3, -0.25) is 0 Å². The summed E-state index contributed by atoms with van der Waals surface area (Å²) in [5.41, 5.74) is 1.70. The van der Waals surface area contributed by atoms with Gasteiger partial charge in [-0.2, -0.15) is 0 Å². The third-order valence-electron chi connectivity index (χ3n) is 3.04. The van der Waals surface area contributed by atoms with E-state index in [-0.39, 0.29) is 5.82 Å². The lowest BCUT2D eigenvalue weighted by Crippen LogP contribution is -2.22. The van der Waals surface area contributed by atoms with Gasteiger partial charge in [0, 0.05) is 19.8 Å². The number of rotatable bonds is 3. The molecule has 2 nitrogen and oxygen atoms in total. The average Bonchev–Trinajstić information content (AvgIpc) is 2.32. The fourth-order valence-electron chi connectivity index (χ4n) is 1.98. The van der Waals surface area contributed by atoms with Crippen LogP contribution in [-0.2, 0) is 4.74 Å². The van der Waals surface area contributed by atoms with Crippen LogP contribution in [0.5, 0.6) is 0 Å². The molecule has 0 radical (unpaired) electrons. The number of anilines is 1. The number of hydrogen-bond donors (Lipinski definition) is 1. The molecule has 0 aliphatic carbocycles. The highest BCUT2D eigenvalue weighted by atomic mass is 19.1. The molecule has 1 fully saturated rings. The van der Waals surface area contributed by atoms with Crippen LogP contribution in [0.4, 0.5) is 10.1 Å². The molecule has 1 aliphatic heterocycles. The average molecular weight is 223 g/mol. The summed E-state index contributed by atoms with van der Waals surface area (Å²) in [5.74, 6) is 0.436. The van der Waals surface area contributed by atoms with E-state index in [1.165, 1.54) is 6.07 Å². The largest absolute Gasteiger partial charge is 0.382 e. The van der Waals surface area contributed by atoms with Gasteiger partial charge in [0.1, 0.15) is 5.82 Å². The highest BCUT2D eigenvalue weighted by Crippen LogP contribution is 2.19. The third-order valence-corrected chi connectivity index (χ3v) is 3.04. The molecule has 0 unspecified atom stereocenters. The highest BCUT2D eigenvalue weighted by molar-refractivity contribution is 5.47. The van der Waals surface area contributed by atoms with E-state index in [1.54, 1.807) is 6.07 Å².